The summed E-state index contributed by atoms with van der Waals surface area (Å²) < 4.78 is 113. The largest absolute Gasteiger partial charge is 0.522 e. The first-order chi connectivity index (χ1) is 10.4. The summed E-state index contributed by atoms with van der Waals surface area (Å²) in [5.41, 5.74) is -5.53. The van der Waals surface area contributed by atoms with Crippen molar-refractivity contribution in [2.45, 2.75) is 31.7 Å². The molecule has 0 aromatic carbocycles. The minimum Gasteiger partial charge on any atom is -0.286 e. The smallest absolute Gasteiger partial charge is 0.286 e. The van der Waals surface area contributed by atoms with Crippen LogP contribution in [-0.4, -0.2) is 55.9 Å². The van der Waals surface area contributed by atoms with Crippen LogP contribution in [-0.2, 0) is 30.4 Å². The molecular weight excluding hydrogens is 648 g/mol. The van der Waals surface area contributed by atoms with Gasteiger partial charge in [-0.2, -0.15) is 38.4 Å². The van der Waals surface area contributed by atoms with E-state index in [0.29, 0.717) is 6.42 Å². The third kappa shape index (κ3) is 42.0. The van der Waals surface area contributed by atoms with Crippen LogP contribution in [0.3, 0.4) is 0 Å². The molecule has 0 aliphatic heterocycles. The zero-order chi connectivity index (χ0) is 20.2. The van der Waals surface area contributed by atoms with E-state index >= 15 is 0 Å². The van der Waals surface area contributed by atoms with E-state index in [2.05, 4.69) is 6.58 Å². The Bertz CT molecular complexity index is 666. The fraction of sp³-hybridized carbons (Fsp3) is 0.778. The van der Waals surface area contributed by atoms with Gasteiger partial charge in [-0.1, -0.05) is 25.8 Å². The molecule has 27 heavy (non-hydrogen) atoms. The third-order valence-electron chi connectivity index (χ3n) is 1.63. The predicted molar refractivity (Wildman–Crippen MR) is 113 cm³/mol. The van der Waals surface area contributed by atoms with Gasteiger partial charge in [0.1, 0.15) is 0 Å². The maximum atomic E-state index is 10.7. The second-order valence-corrected chi connectivity index (χ2v) is 8.43. The summed E-state index contributed by atoms with van der Waals surface area (Å²) in [6, 6.07) is 0. The highest BCUT2D eigenvalue weighted by molar-refractivity contribution is 14.0. The van der Waals surface area contributed by atoms with E-state index in [1.165, 1.54) is 0 Å². The monoisotopic (exact) mass is 668 g/mol. The molecule has 3 N–H and O–H groups in total. The van der Waals surface area contributed by atoms with Gasteiger partial charge in [-0.15, -0.1) is 59.9 Å². The lowest BCUT2D eigenvalue weighted by Gasteiger charge is -1.97. The highest BCUT2D eigenvalue weighted by Crippen LogP contribution is 2.20. The summed E-state index contributed by atoms with van der Waals surface area (Å²) in [5, 5.41) is 0. The van der Waals surface area contributed by atoms with E-state index in [4.69, 9.17) is 22.1 Å². The first kappa shape index (κ1) is 42.0. The molecule has 0 rings (SSSR count). The van der Waals surface area contributed by atoms with Crippen molar-refractivity contribution < 1.29 is 52.1 Å². The van der Waals surface area contributed by atoms with Crippen molar-refractivity contribution in [1.29, 1.82) is 0 Å². The Hall–Kier alpha value is 0.760. The molecule has 0 saturated carbocycles. The second-order valence-electron chi connectivity index (χ2n) is 3.95. The quantitative estimate of drug-likeness (QED) is 0.127. The van der Waals surface area contributed by atoms with Gasteiger partial charge in [0.2, 0.25) is 0 Å². The van der Waals surface area contributed by atoms with Gasteiger partial charge in [-0.25, -0.2) is 0 Å². The number of hydrogen-bond acceptors (Lipinski definition) is 6. The highest BCUT2D eigenvalue weighted by Gasteiger charge is 2.44. The molecule has 0 unspecified atom stereocenters. The van der Waals surface area contributed by atoms with Crippen LogP contribution in [0, 0.1) is 0 Å². The summed E-state index contributed by atoms with van der Waals surface area (Å²) in [4.78, 5) is 0. The Morgan fingerprint density at radius 3 is 1.37 bits per heavy atom. The Labute approximate surface area is 190 Å². The number of hydrogen-bond donors (Lipinski definition) is 3. The van der Waals surface area contributed by atoms with Crippen LogP contribution in [0.5, 0.6) is 0 Å². The number of unbranched alkanes of at least 4 members (excludes halogenated alkanes) is 2. The standard InChI is InChI=1S/C5H12O3S.C3H6O3S.CHF3O3S.BrH.ClH.HI/c1-2-3-4-5-9(6,7)8;1-2-3-7(4,5)6;2-1(3,4)8(5,6)7;;;/h2-5H2,1H3,(H,6,7,8);2H,1,3H2,(H,4,5,6);(H,5,6,7);3*1H. The second kappa shape index (κ2) is 18.8. The number of alkyl halides is 3. The summed E-state index contributed by atoms with van der Waals surface area (Å²) in [5.74, 6) is -0.464. The molecule has 0 bridgehead atoms. The zero-order valence-corrected chi connectivity index (χ0v) is 21.0. The van der Waals surface area contributed by atoms with Crippen molar-refractivity contribution in [2.24, 2.45) is 0 Å². The van der Waals surface area contributed by atoms with Crippen molar-refractivity contribution in [1.82, 2.24) is 0 Å². The summed E-state index contributed by atoms with van der Waals surface area (Å²) in [6.45, 7) is 5.08. The van der Waals surface area contributed by atoms with E-state index in [1.807, 2.05) is 6.92 Å². The summed E-state index contributed by atoms with van der Waals surface area (Å²) in [7, 11) is -13.3. The van der Waals surface area contributed by atoms with Crippen LogP contribution < -0.4 is 0 Å². The van der Waals surface area contributed by atoms with Crippen LogP contribution in [0.15, 0.2) is 12.7 Å². The van der Waals surface area contributed by atoms with Crippen LogP contribution in [0.25, 0.3) is 0 Å². The Morgan fingerprint density at radius 1 is 0.926 bits per heavy atom. The van der Waals surface area contributed by atoms with E-state index in [9.17, 15) is 30.0 Å². The first-order valence-electron chi connectivity index (χ1n) is 5.92. The number of halogens is 6. The topological polar surface area (TPSA) is 163 Å². The van der Waals surface area contributed by atoms with Crippen LogP contribution in [0.1, 0.15) is 26.2 Å². The van der Waals surface area contributed by atoms with Gasteiger partial charge in [-0.3, -0.25) is 13.7 Å². The van der Waals surface area contributed by atoms with Gasteiger partial charge in [0.15, 0.2) is 0 Å². The molecule has 0 amide bonds. The Balaban J connectivity index is -0.0000000584. The molecule has 0 atom stereocenters. The lowest BCUT2D eigenvalue weighted by molar-refractivity contribution is -0.0510. The molecule has 0 saturated heterocycles. The molecule has 0 heterocycles. The van der Waals surface area contributed by atoms with Crippen LogP contribution in [0.2, 0.25) is 0 Å². The molecule has 9 nitrogen and oxygen atoms in total. The van der Waals surface area contributed by atoms with E-state index < -0.39 is 35.9 Å². The van der Waals surface area contributed by atoms with Gasteiger partial charge in [0.25, 0.3) is 20.2 Å². The number of rotatable bonds is 6. The first-order valence-corrected chi connectivity index (χ1v) is 10.6. The van der Waals surface area contributed by atoms with Crippen molar-refractivity contribution >= 4 is 83.7 Å². The normalized spacial score (nSPS) is 10.9. The minimum atomic E-state index is -5.84. The third-order valence-corrected chi connectivity index (χ3v) is 3.67. The molecule has 18 heteroatoms. The van der Waals surface area contributed by atoms with Gasteiger partial charge in [0, 0.05) is 0 Å². The predicted octanol–water partition coefficient (Wildman–Crippen LogP) is 3.14. The van der Waals surface area contributed by atoms with Crippen LogP contribution in [0.4, 0.5) is 13.2 Å². The average Bonchev–Trinajstić information content (AvgIpc) is 2.24. The van der Waals surface area contributed by atoms with E-state index in [-0.39, 0.29) is 64.9 Å². The van der Waals surface area contributed by atoms with Crippen molar-refractivity contribution in [3.63, 3.8) is 0 Å². The van der Waals surface area contributed by atoms with Gasteiger partial charge < -0.3 is 0 Å². The van der Waals surface area contributed by atoms with Crippen molar-refractivity contribution in [2.75, 3.05) is 11.5 Å². The SMILES string of the molecule is Br.C=CCS(=O)(=O)O.CCCCCS(=O)(=O)O.Cl.I.O=S(=O)(O)C(F)(F)F. The Morgan fingerprint density at radius 2 is 1.26 bits per heavy atom. The molecule has 0 spiro atoms. The van der Waals surface area contributed by atoms with Crippen molar-refractivity contribution in [3.8, 4) is 0 Å². The van der Waals surface area contributed by atoms with E-state index in [0.717, 1.165) is 18.9 Å². The molecule has 0 aromatic rings. The average molecular weight is 670 g/mol. The van der Waals surface area contributed by atoms with E-state index in [1.54, 1.807) is 0 Å². The molecule has 172 valence electrons. The molecule has 0 aromatic heterocycles. The minimum absolute atomic E-state index is 0. The van der Waals surface area contributed by atoms with Crippen molar-refractivity contribution in [3.05, 3.63) is 12.7 Å². The maximum Gasteiger partial charge on any atom is 0.522 e. The molecule has 0 aliphatic carbocycles. The molecule has 0 aliphatic rings. The molecule has 0 fully saturated rings. The Kier molecular flexibility index (Phi) is 29.2. The lowest BCUT2D eigenvalue weighted by atomic mass is 10.3. The van der Waals surface area contributed by atoms with Crippen LogP contribution >= 0.6 is 53.4 Å². The fourth-order valence-corrected chi connectivity index (χ4v) is 1.55. The summed E-state index contributed by atoms with van der Waals surface area (Å²) >= 11 is 0. The zero-order valence-electron chi connectivity index (χ0n) is 13.7. The molecule has 0 radical (unpaired) electrons. The highest BCUT2D eigenvalue weighted by atomic mass is 127. The summed E-state index contributed by atoms with van der Waals surface area (Å²) in [6.07, 6.45) is 3.51. The lowest BCUT2D eigenvalue weighted by Crippen LogP contribution is -2.21. The van der Waals surface area contributed by atoms with Gasteiger partial charge in [-0.05, 0) is 6.42 Å². The fourth-order valence-electron chi connectivity index (χ4n) is 0.683. The van der Waals surface area contributed by atoms with Gasteiger partial charge >= 0.3 is 15.6 Å². The molecular formula is C9H22BrClF3IO9S3. The van der Waals surface area contributed by atoms with Gasteiger partial charge in [0.05, 0.1) is 11.5 Å². The maximum absolute atomic E-state index is 10.7.